The molecule has 13 aromatic rings. The van der Waals surface area contributed by atoms with Crippen LogP contribution in [-0.4, -0.2) is 138 Å². The van der Waals surface area contributed by atoms with Crippen molar-refractivity contribution in [3.63, 3.8) is 0 Å². The Labute approximate surface area is 864 Å². The highest BCUT2D eigenvalue weighted by Crippen LogP contribution is 2.34. The van der Waals surface area contributed by atoms with Crippen LogP contribution in [0.1, 0.15) is 117 Å². The van der Waals surface area contributed by atoms with Gasteiger partial charge in [-0.05, 0) is 242 Å². The number of carbonyl (C=O) groups excluding carboxylic acids is 8. The van der Waals surface area contributed by atoms with Gasteiger partial charge in [0.1, 0.15) is 23.1 Å². The number of nitrogens with zero attached hydrogens (tertiary/aromatic N) is 1. The lowest BCUT2D eigenvalue weighted by molar-refractivity contribution is -0.140. The van der Waals surface area contributed by atoms with Crippen LogP contribution in [0.4, 0.5) is 98.8 Å². The topological polar surface area (TPSA) is 628 Å². The standard InChI is InChI=1S/C22H17ClF2N4O6S.C22H17ClFN5O5S.C18H20ClN3O5S.C13H11ClN2O3S.C11H16N2O2.C6H6ClNO2S/c1-35-20(32)12-8-13(24)14(25)9-15(12)28-21(33)26-10-2-4-11(5-3-10)27-22(34)29-18(19(30)31)16-6-7-17(23)36-16;1-25-15-9-14-12(8-13(15)24)19(30)29(22(34)27-14)11-4-2-10(3-5-11)26-21(33)28-18(20(31)32)16-6-7-17(23)35-16;1-18(2,3)27-17(26)21-11-6-4-10(5-7-11)20-16(25)22-14(15(23)24)12-8-9-13(19)28-12;14-10-6-5-9(20-10)11(13(18)19)16-12(17)7-1-3-8(15)4-2-7;1-11(2,3)15-10(14)13-9-6-4-8(12)5-7-9;7-4-2-1-3(11-4)5(8)6(9)10/h2-9,18H,1H3,(H,30,31)(H2,26,28,33)(H2,27,29,34);2-9,18,25H,1H3,(H,27,34)(H,31,32)(H2,26,28,33);4-9,14H,1-3H3,(H,21,26)(H,23,24)(H2,20,22,25);1-6,11H,15H2,(H,16,17)(H,18,19);4-7H,12H2,1-3H3,(H,13,14);1-2,5H,8H2,(H,9,10). The molecule has 6 heterocycles. The van der Waals surface area contributed by atoms with Crippen molar-refractivity contribution in [2.45, 2.75) is 83.0 Å². The van der Waals surface area contributed by atoms with E-state index in [1.54, 1.807) is 118 Å². The summed E-state index contributed by atoms with van der Waals surface area (Å²) in [6, 6.07) is 40.8. The molecule has 0 bridgehead atoms. The van der Waals surface area contributed by atoms with E-state index < -0.39 is 148 Å². The van der Waals surface area contributed by atoms with Crippen LogP contribution in [0.3, 0.4) is 0 Å². The summed E-state index contributed by atoms with van der Waals surface area (Å²) in [5, 5.41) is 75.3. The van der Waals surface area contributed by atoms with Gasteiger partial charge < -0.3 is 115 Å². The van der Waals surface area contributed by atoms with Gasteiger partial charge in [0.25, 0.3) is 11.5 Å². The van der Waals surface area contributed by atoms with E-state index in [1.807, 2.05) is 20.8 Å². The van der Waals surface area contributed by atoms with Crippen LogP contribution in [-0.2, 0) is 38.2 Å². The van der Waals surface area contributed by atoms with Crippen LogP contribution < -0.4 is 92.3 Å². The second kappa shape index (κ2) is 53.0. The van der Waals surface area contributed by atoms with Crippen LogP contribution in [0.5, 0.6) is 0 Å². The number of rotatable bonds is 25. The number of aliphatic carboxylic acids is 5. The number of benzene rings is 7. The number of hydrogen-bond donors (Lipinski definition) is 21. The molecule has 0 aliphatic rings. The molecular formula is C92H87Cl5F3N17O23S5. The third-order valence-electron chi connectivity index (χ3n) is 18.0. The highest BCUT2D eigenvalue weighted by Gasteiger charge is 2.30. The maximum Gasteiger partial charge on any atom is 0.412 e. The number of methoxy groups -OCH3 is 1. The van der Waals surface area contributed by atoms with Crippen molar-refractivity contribution in [1.29, 1.82) is 0 Å². The number of esters is 1. The Morgan fingerprint density at radius 1 is 0.393 bits per heavy atom. The highest BCUT2D eigenvalue weighted by molar-refractivity contribution is 7.17. The fourth-order valence-corrected chi connectivity index (χ4v) is 17.0. The number of thiophene rings is 5. The number of nitrogens with two attached hydrogens (primary N) is 3. The molecule has 13 rings (SSSR count). The fourth-order valence-electron chi connectivity index (χ4n) is 11.6. The molecule has 24 N–H and O–H groups in total. The first kappa shape index (κ1) is 115. The van der Waals surface area contributed by atoms with Crippen molar-refractivity contribution in [2.24, 2.45) is 5.73 Å². The van der Waals surface area contributed by atoms with Crippen LogP contribution in [0.15, 0.2) is 216 Å². The number of carboxylic acids is 5. The third-order valence-corrected chi connectivity index (χ3v) is 24.5. The number of carboxylic acid groups (broad SMARTS) is 5. The number of anilines is 10. The van der Waals surface area contributed by atoms with Crippen LogP contribution in [0, 0.1) is 17.5 Å². The van der Waals surface area contributed by atoms with Gasteiger partial charge in [0, 0.05) is 88.6 Å². The number of hydrogen-bond acceptors (Lipinski definition) is 27. The maximum atomic E-state index is 14.2. The number of ether oxygens (including phenoxy) is 3. The number of fused-ring (bicyclic) bond motifs is 1. The van der Waals surface area contributed by atoms with E-state index in [1.165, 1.54) is 109 Å². The molecule has 6 aromatic heterocycles. The number of urea groups is 4. The van der Waals surface area contributed by atoms with Gasteiger partial charge in [0.15, 0.2) is 35.8 Å². The quantitative estimate of drug-likeness (QED) is 0.0144. The zero-order valence-electron chi connectivity index (χ0n) is 76.3. The van der Waals surface area contributed by atoms with Crippen LogP contribution in [0.2, 0.25) is 21.7 Å². The Morgan fingerprint density at radius 3 is 1.05 bits per heavy atom. The predicted octanol–water partition coefficient (Wildman–Crippen LogP) is 19.9. The predicted molar refractivity (Wildman–Crippen MR) is 551 cm³/mol. The van der Waals surface area contributed by atoms with Crippen molar-refractivity contribution in [3.05, 3.63) is 302 Å². The van der Waals surface area contributed by atoms with Gasteiger partial charge in [-0.1, -0.05) is 58.0 Å². The van der Waals surface area contributed by atoms with Gasteiger partial charge in [-0.25, -0.2) is 75.3 Å². The summed E-state index contributed by atoms with van der Waals surface area (Å²) in [6.45, 7) is 10.7. The van der Waals surface area contributed by atoms with E-state index in [-0.39, 0.29) is 50.6 Å². The molecule has 764 valence electrons. The first-order valence-corrected chi connectivity index (χ1v) is 47.2. The van der Waals surface area contributed by atoms with Crippen LogP contribution >= 0.6 is 115 Å². The van der Waals surface area contributed by atoms with Gasteiger partial charge >= 0.3 is 77.8 Å². The number of nitrogen functional groups attached to an aromatic ring is 2. The normalized spacial score (nSPS) is 11.7. The molecule has 5 atom stereocenters. The monoisotopic (exact) mass is 2190 g/mol. The summed E-state index contributed by atoms with van der Waals surface area (Å²) in [5.41, 5.74) is 17.5. The lowest BCUT2D eigenvalue weighted by Gasteiger charge is -2.19. The smallest absolute Gasteiger partial charge is 0.412 e. The molecule has 0 spiro atoms. The summed E-state index contributed by atoms with van der Waals surface area (Å²) in [4.78, 5) is 182. The van der Waals surface area contributed by atoms with E-state index in [9.17, 15) is 106 Å². The number of H-pyrrole nitrogens is 1. The zero-order chi connectivity index (χ0) is 107. The molecule has 0 saturated heterocycles. The van der Waals surface area contributed by atoms with E-state index >= 15 is 0 Å². The molecule has 11 amide bonds. The maximum absolute atomic E-state index is 14.2. The Hall–Kier alpha value is -15.5. The van der Waals surface area contributed by atoms with Crippen molar-refractivity contribution < 1.29 is 115 Å². The van der Waals surface area contributed by atoms with Crippen LogP contribution in [0.25, 0.3) is 16.6 Å². The van der Waals surface area contributed by atoms with Crippen molar-refractivity contribution in [1.82, 2.24) is 30.8 Å². The second-order valence-electron chi connectivity index (χ2n) is 31.2. The van der Waals surface area contributed by atoms with E-state index in [4.69, 9.17) is 89.8 Å². The van der Waals surface area contributed by atoms with E-state index in [2.05, 4.69) is 73.5 Å². The Bertz CT molecular complexity index is 6990. The largest absolute Gasteiger partial charge is 0.480 e. The first-order chi connectivity index (χ1) is 68.2. The minimum absolute atomic E-state index is 0.0175. The Kier molecular flexibility index (Phi) is 42.0. The van der Waals surface area contributed by atoms with Crippen molar-refractivity contribution >= 4 is 260 Å². The summed E-state index contributed by atoms with van der Waals surface area (Å²) in [5.74, 6) is -10.6. The number of aromatic nitrogens is 2. The SMILES string of the molecule is CC(C)(C)OC(=O)Nc1ccc(N)cc1.CC(C)(C)OC(=O)Nc1ccc(NC(=O)NC(C(=O)O)c2ccc(Cl)s2)cc1.CNc1cc2[nH]c(=O)n(-c3ccc(NC(=O)NC(C(=O)O)c4ccc(Cl)s4)cc3)c(=O)c2cc1F.COC(=O)c1cc(F)c(F)cc1NC(=O)Nc1ccc(NC(=O)NC(C(=O)O)c2ccc(Cl)s2)cc1.NC(C(=O)O)c1ccc(Cl)s1.Nc1ccc(C(=O)NC(C(=O)O)c2ccc(Cl)s2)cc1. The van der Waals surface area contributed by atoms with Crippen molar-refractivity contribution in [2.75, 3.05) is 68.2 Å². The van der Waals surface area contributed by atoms with E-state index in [0.29, 0.717) is 92.2 Å². The molecule has 0 aliphatic carbocycles. The number of amides is 11. The summed E-state index contributed by atoms with van der Waals surface area (Å²) < 4.78 is 59.0. The van der Waals surface area contributed by atoms with E-state index in [0.717, 1.165) is 63.1 Å². The summed E-state index contributed by atoms with van der Waals surface area (Å²) >= 11 is 34.3. The van der Waals surface area contributed by atoms with Gasteiger partial charge in [0.2, 0.25) is 0 Å². The molecule has 145 heavy (non-hydrogen) atoms. The number of nitrogens with one attached hydrogen (secondary N) is 13. The summed E-state index contributed by atoms with van der Waals surface area (Å²) in [7, 11) is 2.56. The molecule has 0 aliphatic heterocycles. The third kappa shape index (κ3) is 36.4. The molecule has 0 fully saturated rings. The average molecular weight is 2190 g/mol. The minimum Gasteiger partial charge on any atom is -0.480 e. The Morgan fingerprint density at radius 2 is 0.717 bits per heavy atom. The molecular weight excluding hydrogens is 2110 g/mol. The minimum atomic E-state index is -1.31. The Balaban J connectivity index is 0.000000221. The van der Waals surface area contributed by atoms with Gasteiger partial charge in [-0.15, -0.1) is 56.7 Å². The average Bonchev–Trinajstić information content (AvgIpc) is 1.74. The lowest BCUT2D eigenvalue weighted by atomic mass is 10.1. The number of carbonyl (C=O) groups is 13. The number of aromatic amines is 1. The molecule has 5 unspecified atom stereocenters. The molecule has 7 aromatic carbocycles. The van der Waals surface area contributed by atoms with Gasteiger partial charge in [-0.3, -0.25) is 25.0 Å². The zero-order valence-corrected chi connectivity index (χ0v) is 84.2. The lowest BCUT2D eigenvalue weighted by Crippen LogP contribution is -2.36. The highest BCUT2D eigenvalue weighted by atomic mass is 35.5. The van der Waals surface area contributed by atoms with Crippen molar-refractivity contribution in [3.8, 4) is 5.69 Å². The summed E-state index contributed by atoms with van der Waals surface area (Å²) in [6.07, 6.45) is -1.06. The fraction of sp³-hybridized carbons (Fsp3) is 0.163. The molecule has 0 radical (unpaired) electrons. The van der Waals surface area contributed by atoms with Gasteiger partial charge in [-0.2, -0.15) is 0 Å². The first-order valence-electron chi connectivity index (χ1n) is 41.3. The molecule has 53 heteroatoms. The second-order valence-corrected chi connectivity index (χ2v) is 39.9. The van der Waals surface area contributed by atoms with Gasteiger partial charge in [0.05, 0.1) is 62.3 Å². The molecule has 0 saturated carbocycles. The number of halogens is 8. The molecule has 40 nitrogen and oxygen atoms in total.